The van der Waals surface area contributed by atoms with Crippen LogP contribution in [0.5, 0.6) is 0 Å². The maximum absolute atomic E-state index is 13.4. The number of hydrogen-bond donors (Lipinski definition) is 1. The molecule has 1 saturated heterocycles. The second-order valence-corrected chi connectivity index (χ2v) is 8.61. The maximum atomic E-state index is 13.4. The second-order valence-electron chi connectivity index (χ2n) is 8.61. The van der Waals surface area contributed by atoms with E-state index in [1.54, 1.807) is 53.9 Å². The van der Waals surface area contributed by atoms with Gasteiger partial charge in [-0.3, -0.25) is 14.0 Å². The Hall–Kier alpha value is -3.98. The summed E-state index contributed by atoms with van der Waals surface area (Å²) in [7, 11) is 1.30. The third-order valence-electron chi connectivity index (χ3n) is 6.67. The summed E-state index contributed by atoms with van der Waals surface area (Å²) in [5.74, 6) is -2.19. The largest absolute Gasteiger partial charge is 0.505 e. The fraction of sp³-hybridized carbons (Fsp3) is 0.333. The summed E-state index contributed by atoms with van der Waals surface area (Å²) in [4.78, 5) is 46.7. The van der Waals surface area contributed by atoms with Crippen LogP contribution in [0.25, 0.3) is 11.4 Å². The number of rotatable bonds is 8. The fourth-order valence-corrected chi connectivity index (χ4v) is 4.69. The highest BCUT2D eigenvalue weighted by molar-refractivity contribution is 6.46. The van der Waals surface area contributed by atoms with E-state index in [4.69, 9.17) is 4.74 Å². The number of hydrogen-bond acceptors (Lipinski definition) is 7. The van der Waals surface area contributed by atoms with Gasteiger partial charge in [0.15, 0.2) is 5.76 Å². The molecule has 4 rings (SSSR count). The van der Waals surface area contributed by atoms with E-state index in [9.17, 15) is 19.5 Å². The lowest BCUT2D eigenvalue weighted by molar-refractivity contribution is -0.140. The van der Waals surface area contributed by atoms with Crippen LogP contribution in [-0.4, -0.2) is 75.2 Å². The van der Waals surface area contributed by atoms with Gasteiger partial charge in [0.05, 0.1) is 30.0 Å². The van der Waals surface area contributed by atoms with E-state index < -0.39 is 23.7 Å². The zero-order valence-corrected chi connectivity index (χ0v) is 20.9. The van der Waals surface area contributed by atoms with Gasteiger partial charge in [-0.25, -0.2) is 9.78 Å². The summed E-state index contributed by atoms with van der Waals surface area (Å²) in [5.41, 5.74) is 2.47. The molecule has 1 fully saturated rings. The Morgan fingerprint density at radius 3 is 2.44 bits per heavy atom. The smallest absolute Gasteiger partial charge is 0.337 e. The number of esters is 1. The number of methoxy groups -OCH3 is 1. The molecule has 3 heterocycles. The molecule has 0 spiro atoms. The van der Waals surface area contributed by atoms with Gasteiger partial charge in [0.25, 0.3) is 11.7 Å². The summed E-state index contributed by atoms with van der Waals surface area (Å²) in [6.45, 7) is 8.31. The number of carbonyl (C=O) groups is 3. The highest BCUT2D eigenvalue weighted by atomic mass is 16.5. The van der Waals surface area contributed by atoms with E-state index in [0.717, 1.165) is 13.1 Å². The third kappa shape index (κ3) is 4.37. The summed E-state index contributed by atoms with van der Waals surface area (Å²) in [6, 6.07) is 11.2. The SMILES string of the molecule is CCN(CC)CCN1C(=O)C(=O)/C(=C(/O)c2c(C)nc3ccccn23)[C@@H]1c1ccc(C(=O)OC)cc1. The minimum absolute atomic E-state index is 0.000817. The van der Waals surface area contributed by atoms with Crippen LogP contribution in [0.1, 0.15) is 47.2 Å². The first-order valence-electron chi connectivity index (χ1n) is 11.9. The van der Waals surface area contributed by atoms with Crippen molar-refractivity contribution in [2.75, 3.05) is 33.3 Å². The Kier molecular flexibility index (Phi) is 7.21. The maximum Gasteiger partial charge on any atom is 0.337 e. The normalized spacial score (nSPS) is 17.4. The van der Waals surface area contributed by atoms with Crippen LogP contribution in [-0.2, 0) is 14.3 Å². The number of pyridine rings is 1. The van der Waals surface area contributed by atoms with Gasteiger partial charge < -0.3 is 19.6 Å². The van der Waals surface area contributed by atoms with Crippen molar-refractivity contribution in [3.05, 3.63) is 76.7 Å². The molecule has 2 aromatic heterocycles. The Morgan fingerprint density at radius 1 is 1.11 bits per heavy atom. The van der Waals surface area contributed by atoms with E-state index in [2.05, 4.69) is 9.88 Å². The number of aliphatic hydroxyl groups excluding tert-OH is 1. The number of likely N-dealkylation sites (N-methyl/N-ethyl adjacent to an activating group) is 1. The van der Waals surface area contributed by atoms with Crippen LogP contribution < -0.4 is 0 Å². The molecule has 0 unspecified atom stereocenters. The first kappa shape index (κ1) is 25.1. The Morgan fingerprint density at radius 2 is 1.81 bits per heavy atom. The number of fused-ring (bicyclic) bond motifs is 1. The summed E-state index contributed by atoms with van der Waals surface area (Å²) in [5, 5.41) is 11.5. The number of nitrogens with zero attached hydrogens (tertiary/aromatic N) is 4. The standard InChI is InChI=1S/C27H30N4O5/c1-5-29(6-2)15-16-31-23(18-10-12-19(13-11-18)27(35)36-4)21(25(33)26(31)34)24(32)22-17(3)28-20-9-7-8-14-30(20)22/h7-14,23,32H,5-6,15-16H2,1-4H3/b24-21+/t23-/m0/s1. The van der Waals surface area contributed by atoms with Gasteiger partial charge in [-0.15, -0.1) is 0 Å². The zero-order valence-electron chi connectivity index (χ0n) is 20.9. The van der Waals surface area contributed by atoms with Crippen LogP contribution in [0.3, 0.4) is 0 Å². The van der Waals surface area contributed by atoms with Gasteiger partial charge in [-0.05, 0) is 49.8 Å². The van der Waals surface area contributed by atoms with Gasteiger partial charge >= 0.3 is 5.97 Å². The van der Waals surface area contributed by atoms with Crippen LogP contribution in [0, 0.1) is 6.92 Å². The van der Waals surface area contributed by atoms with Crippen molar-refractivity contribution >= 4 is 29.1 Å². The van der Waals surface area contributed by atoms with Crippen molar-refractivity contribution in [2.24, 2.45) is 0 Å². The average molecular weight is 491 g/mol. The number of Topliss-reactive ketones (excluding diaryl/α,β-unsaturated/α-hetero) is 1. The van der Waals surface area contributed by atoms with E-state index in [1.165, 1.54) is 12.0 Å². The molecule has 0 bridgehead atoms. The average Bonchev–Trinajstić information content (AvgIpc) is 3.36. The van der Waals surface area contributed by atoms with Crippen molar-refractivity contribution in [3.8, 4) is 0 Å². The number of aromatic nitrogens is 2. The van der Waals surface area contributed by atoms with E-state index in [-0.39, 0.29) is 11.3 Å². The van der Waals surface area contributed by atoms with Crippen molar-refractivity contribution < 1.29 is 24.2 Å². The van der Waals surface area contributed by atoms with E-state index in [0.29, 0.717) is 41.3 Å². The predicted octanol–water partition coefficient (Wildman–Crippen LogP) is 3.19. The number of ether oxygens (including phenoxy) is 1. The monoisotopic (exact) mass is 490 g/mol. The predicted molar refractivity (Wildman–Crippen MR) is 135 cm³/mol. The molecule has 1 aromatic carbocycles. The number of amides is 1. The molecule has 9 nitrogen and oxygen atoms in total. The third-order valence-corrected chi connectivity index (χ3v) is 6.67. The molecule has 36 heavy (non-hydrogen) atoms. The lowest BCUT2D eigenvalue weighted by Crippen LogP contribution is -2.38. The summed E-state index contributed by atoms with van der Waals surface area (Å²) >= 11 is 0. The van der Waals surface area contributed by atoms with Crippen LogP contribution in [0.2, 0.25) is 0 Å². The molecule has 9 heteroatoms. The molecule has 1 aliphatic heterocycles. The molecule has 1 atom stereocenters. The van der Waals surface area contributed by atoms with Gasteiger partial charge in [0.1, 0.15) is 11.3 Å². The number of carbonyl (C=O) groups excluding carboxylic acids is 3. The number of aliphatic hydroxyl groups is 1. The Labute approximate surface area is 209 Å². The second kappa shape index (κ2) is 10.3. The molecule has 1 N–H and O–H groups in total. The number of ketones is 1. The van der Waals surface area contributed by atoms with Crippen molar-refractivity contribution in [3.63, 3.8) is 0 Å². The molecule has 1 aliphatic rings. The van der Waals surface area contributed by atoms with Crippen LogP contribution >= 0.6 is 0 Å². The highest BCUT2D eigenvalue weighted by Crippen LogP contribution is 2.40. The molecule has 188 valence electrons. The van der Waals surface area contributed by atoms with E-state index >= 15 is 0 Å². The Bertz CT molecular complexity index is 1340. The Balaban J connectivity index is 1.86. The minimum Gasteiger partial charge on any atom is -0.505 e. The molecule has 3 aromatic rings. The van der Waals surface area contributed by atoms with Crippen molar-refractivity contribution in [1.82, 2.24) is 19.2 Å². The number of likely N-dealkylation sites (tertiary alicyclic amines) is 1. The topological polar surface area (TPSA) is 104 Å². The summed E-state index contributed by atoms with van der Waals surface area (Å²) in [6.07, 6.45) is 1.75. The fourth-order valence-electron chi connectivity index (χ4n) is 4.69. The highest BCUT2D eigenvalue weighted by Gasteiger charge is 2.46. The van der Waals surface area contributed by atoms with Crippen molar-refractivity contribution in [2.45, 2.75) is 26.8 Å². The van der Waals surface area contributed by atoms with Crippen LogP contribution in [0.4, 0.5) is 0 Å². The lowest BCUT2D eigenvalue weighted by atomic mass is 9.95. The quantitative estimate of drug-likeness (QED) is 0.224. The molecule has 0 radical (unpaired) electrons. The molecule has 0 saturated carbocycles. The van der Waals surface area contributed by atoms with E-state index in [1.807, 2.05) is 19.9 Å². The molecule has 0 aliphatic carbocycles. The number of aryl methyl sites for hydroxylation is 1. The van der Waals surface area contributed by atoms with Gasteiger partial charge in [0.2, 0.25) is 0 Å². The molecular weight excluding hydrogens is 460 g/mol. The van der Waals surface area contributed by atoms with Crippen molar-refractivity contribution in [1.29, 1.82) is 0 Å². The number of imidazole rings is 1. The summed E-state index contributed by atoms with van der Waals surface area (Å²) < 4.78 is 6.49. The first-order chi connectivity index (χ1) is 17.3. The van der Waals surface area contributed by atoms with Gasteiger partial charge in [-0.2, -0.15) is 0 Å². The lowest BCUT2D eigenvalue weighted by Gasteiger charge is -2.28. The molecule has 1 amide bonds. The number of benzene rings is 1. The minimum atomic E-state index is -0.819. The molecular formula is C27H30N4O5. The van der Waals surface area contributed by atoms with Crippen LogP contribution in [0.15, 0.2) is 54.2 Å². The van der Waals surface area contributed by atoms with Gasteiger partial charge in [0, 0.05) is 19.3 Å². The first-order valence-corrected chi connectivity index (χ1v) is 11.9. The van der Waals surface area contributed by atoms with Gasteiger partial charge in [-0.1, -0.05) is 32.0 Å². The zero-order chi connectivity index (χ0) is 26.0.